The molecule has 2 aromatic rings. The highest BCUT2D eigenvalue weighted by atomic mass is 35.5. The first-order chi connectivity index (χ1) is 12.0. The van der Waals surface area contributed by atoms with Gasteiger partial charge in [-0.2, -0.15) is 0 Å². The number of carbonyl (C=O) groups is 1. The molecule has 1 saturated carbocycles. The van der Waals surface area contributed by atoms with Crippen LogP contribution in [0.4, 0.5) is 5.82 Å². The number of carbonyl (C=O) groups excluding carboxylic acids is 1. The molecule has 0 amide bonds. The molecule has 0 unspecified atom stereocenters. The minimum atomic E-state index is 0.0548. The van der Waals surface area contributed by atoms with Crippen LogP contribution in [0.1, 0.15) is 35.3 Å². The van der Waals surface area contributed by atoms with E-state index in [4.69, 9.17) is 23.2 Å². The van der Waals surface area contributed by atoms with Crippen LogP contribution >= 0.6 is 23.2 Å². The quantitative estimate of drug-likeness (QED) is 0.768. The van der Waals surface area contributed by atoms with Gasteiger partial charge in [0, 0.05) is 12.0 Å². The third-order valence-corrected chi connectivity index (χ3v) is 5.00. The molecular weight excluding hydrogens is 359 g/mol. The van der Waals surface area contributed by atoms with Crippen molar-refractivity contribution in [2.24, 2.45) is 0 Å². The number of aromatic nitrogens is 2. The van der Waals surface area contributed by atoms with Crippen molar-refractivity contribution in [1.29, 1.82) is 0 Å². The Morgan fingerprint density at radius 3 is 2.32 bits per heavy atom. The number of benzene rings is 1. The third-order valence-electron chi connectivity index (χ3n) is 4.26. The highest BCUT2D eigenvalue weighted by molar-refractivity contribution is 6.42. The van der Waals surface area contributed by atoms with Gasteiger partial charge in [0.2, 0.25) is 0 Å². The van der Waals surface area contributed by atoms with E-state index in [1.807, 2.05) is 32.3 Å². The SMILES string of the molecule is CNC.O=Cc1ccc(NCC2(c3ccc(Cl)c(Cl)c3)CCC2)nn1. The van der Waals surface area contributed by atoms with Gasteiger partial charge in [0.25, 0.3) is 0 Å². The minimum Gasteiger partial charge on any atom is -0.368 e. The molecule has 1 aliphatic carbocycles. The lowest BCUT2D eigenvalue weighted by molar-refractivity contribution is 0.111. The molecule has 25 heavy (non-hydrogen) atoms. The Bertz CT molecular complexity index is 703. The molecule has 5 nitrogen and oxygen atoms in total. The van der Waals surface area contributed by atoms with Crippen LogP contribution in [-0.2, 0) is 5.41 Å². The normalized spacial score (nSPS) is 14.7. The zero-order valence-electron chi connectivity index (χ0n) is 14.4. The lowest BCUT2D eigenvalue weighted by atomic mass is 9.64. The Morgan fingerprint density at radius 2 is 1.84 bits per heavy atom. The molecule has 7 heteroatoms. The monoisotopic (exact) mass is 380 g/mol. The van der Waals surface area contributed by atoms with E-state index in [0.29, 0.717) is 27.8 Å². The van der Waals surface area contributed by atoms with Crippen LogP contribution in [0.5, 0.6) is 0 Å². The van der Waals surface area contributed by atoms with Crippen LogP contribution in [0.15, 0.2) is 30.3 Å². The average Bonchev–Trinajstić information content (AvgIpc) is 2.58. The molecule has 0 aliphatic heterocycles. The van der Waals surface area contributed by atoms with Gasteiger partial charge in [-0.05, 0) is 56.8 Å². The number of nitrogens with zero attached hydrogens (tertiary/aromatic N) is 2. The summed E-state index contributed by atoms with van der Waals surface area (Å²) in [6.45, 7) is 0.750. The van der Waals surface area contributed by atoms with Gasteiger partial charge < -0.3 is 10.6 Å². The van der Waals surface area contributed by atoms with Crippen LogP contribution in [0.2, 0.25) is 10.0 Å². The van der Waals surface area contributed by atoms with Crippen molar-refractivity contribution in [2.75, 3.05) is 26.0 Å². The highest BCUT2D eigenvalue weighted by Gasteiger charge is 2.38. The molecule has 0 spiro atoms. The number of nitrogens with one attached hydrogen (secondary N) is 2. The van der Waals surface area contributed by atoms with E-state index in [-0.39, 0.29) is 5.41 Å². The van der Waals surface area contributed by atoms with Gasteiger partial charge in [-0.3, -0.25) is 4.79 Å². The predicted molar refractivity (Wildman–Crippen MR) is 103 cm³/mol. The summed E-state index contributed by atoms with van der Waals surface area (Å²) in [4.78, 5) is 10.6. The number of hydrogen-bond acceptors (Lipinski definition) is 5. The molecule has 1 aliphatic rings. The maximum absolute atomic E-state index is 10.6. The van der Waals surface area contributed by atoms with Crippen molar-refractivity contribution < 1.29 is 4.79 Å². The van der Waals surface area contributed by atoms with Crippen molar-refractivity contribution in [3.63, 3.8) is 0 Å². The molecule has 2 N–H and O–H groups in total. The van der Waals surface area contributed by atoms with E-state index < -0.39 is 0 Å². The van der Waals surface area contributed by atoms with Gasteiger partial charge in [0.05, 0.1) is 10.0 Å². The lowest BCUT2D eigenvalue weighted by Gasteiger charge is -2.42. The smallest absolute Gasteiger partial charge is 0.170 e. The first-order valence-electron chi connectivity index (χ1n) is 8.11. The Kier molecular flexibility index (Phi) is 7.17. The summed E-state index contributed by atoms with van der Waals surface area (Å²) in [7, 11) is 3.75. The van der Waals surface area contributed by atoms with Gasteiger partial charge in [0.15, 0.2) is 6.29 Å². The highest BCUT2D eigenvalue weighted by Crippen LogP contribution is 2.45. The molecule has 0 atom stereocenters. The molecule has 0 saturated heterocycles. The molecule has 0 radical (unpaired) electrons. The number of aldehydes is 1. The second-order valence-corrected chi connectivity index (χ2v) is 6.89. The van der Waals surface area contributed by atoms with Gasteiger partial charge in [0.1, 0.15) is 11.5 Å². The van der Waals surface area contributed by atoms with E-state index in [0.717, 1.165) is 19.4 Å². The fourth-order valence-electron chi connectivity index (χ4n) is 2.76. The van der Waals surface area contributed by atoms with Crippen molar-refractivity contribution in [3.05, 3.63) is 51.6 Å². The van der Waals surface area contributed by atoms with Gasteiger partial charge in [-0.1, -0.05) is 35.7 Å². The van der Waals surface area contributed by atoms with Crippen LogP contribution in [-0.4, -0.2) is 37.1 Å². The first kappa shape index (κ1) is 19.6. The van der Waals surface area contributed by atoms with Crippen LogP contribution in [0.25, 0.3) is 0 Å². The fourth-order valence-corrected chi connectivity index (χ4v) is 3.05. The molecule has 0 bridgehead atoms. The van der Waals surface area contributed by atoms with Crippen LogP contribution < -0.4 is 10.6 Å². The van der Waals surface area contributed by atoms with Crippen LogP contribution in [0.3, 0.4) is 0 Å². The topological polar surface area (TPSA) is 66.9 Å². The zero-order valence-corrected chi connectivity index (χ0v) is 15.9. The third kappa shape index (κ3) is 4.91. The molecule has 1 aromatic carbocycles. The Morgan fingerprint density at radius 1 is 1.12 bits per heavy atom. The number of rotatable bonds is 5. The van der Waals surface area contributed by atoms with E-state index in [1.54, 1.807) is 12.1 Å². The fraction of sp³-hybridized carbons (Fsp3) is 0.389. The van der Waals surface area contributed by atoms with E-state index >= 15 is 0 Å². The molecule has 1 heterocycles. The predicted octanol–water partition coefficient (Wildman–Crippen LogP) is 3.97. The van der Waals surface area contributed by atoms with Crippen molar-refractivity contribution >= 4 is 35.3 Å². The maximum Gasteiger partial charge on any atom is 0.170 e. The van der Waals surface area contributed by atoms with E-state index in [1.165, 1.54) is 12.0 Å². The van der Waals surface area contributed by atoms with Gasteiger partial charge in [-0.15, -0.1) is 10.2 Å². The first-order valence-corrected chi connectivity index (χ1v) is 8.87. The molecule has 134 valence electrons. The van der Waals surface area contributed by atoms with Gasteiger partial charge >= 0.3 is 0 Å². The van der Waals surface area contributed by atoms with Gasteiger partial charge in [-0.25, -0.2) is 0 Å². The average molecular weight is 381 g/mol. The van der Waals surface area contributed by atoms with Crippen LogP contribution in [0, 0.1) is 0 Å². The zero-order chi connectivity index (χ0) is 18.3. The van der Waals surface area contributed by atoms with E-state index in [2.05, 4.69) is 20.8 Å². The summed E-state index contributed by atoms with van der Waals surface area (Å²) in [6.07, 6.45) is 4.06. The molecule has 1 aromatic heterocycles. The number of halogens is 2. The standard InChI is InChI=1S/C16H15Cl2N3O.C2H7N/c17-13-4-2-11(8-14(13)18)16(6-1-7-16)10-19-15-5-3-12(9-22)20-21-15;1-3-2/h2-5,8-9H,1,6-7,10H2,(H,19,21);3H,1-2H3. The largest absolute Gasteiger partial charge is 0.368 e. The second-order valence-electron chi connectivity index (χ2n) is 6.08. The van der Waals surface area contributed by atoms with Crippen molar-refractivity contribution in [1.82, 2.24) is 15.5 Å². The number of hydrogen-bond donors (Lipinski definition) is 2. The second kappa shape index (κ2) is 9.13. The summed E-state index contributed by atoms with van der Waals surface area (Å²) >= 11 is 12.1. The Balaban J connectivity index is 0.000000701. The lowest BCUT2D eigenvalue weighted by Crippen LogP contribution is -2.41. The molecular formula is C18H22Cl2N4O. The summed E-state index contributed by atoms with van der Waals surface area (Å²) in [6, 6.07) is 9.24. The van der Waals surface area contributed by atoms with Crippen molar-refractivity contribution in [2.45, 2.75) is 24.7 Å². The number of anilines is 1. The summed E-state index contributed by atoms with van der Waals surface area (Å²) < 4.78 is 0. The van der Waals surface area contributed by atoms with Crippen molar-refractivity contribution in [3.8, 4) is 0 Å². The maximum atomic E-state index is 10.6. The Labute approximate surface area is 158 Å². The summed E-state index contributed by atoms with van der Waals surface area (Å²) in [5.41, 5.74) is 1.57. The Hall–Kier alpha value is -1.69. The molecule has 1 fully saturated rings. The summed E-state index contributed by atoms with van der Waals surface area (Å²) in [5.74, 6) is 0.664. The minimum absolute atomic E-state index is 0.0548. The molecule has 3 rings (SSSR count). The van der Waals surface area contributed by atoms with E-state index in [9.17, 15) is 4.79 Å². The summed E-state index contributed by atoms with van der Waals surface area (Å²) in [5, 5.41) is 15.0.